The maximum atomic E-state index is 13.0. The molecule has 4 aromatic rings. The van der Waals surface area contributed by atoms with Crippen LogP contribution in [-0.4, -0.2) is 37.6 Å². The first-order chi connectivity index (χ1) is 20.1. The summed E-state index contributed by atoms with van der Waals surface area (Å²) in [5, 5.41) is 11.1. The van der Waals surface area contributed by atoms with Gasteiger partial charge in [0.25, 0.3) is 5.91 Å². The predicted molar refractivity (Wildman–Crippen MR) is 154 cm³/mol. The molecule has 0 bridgehead atoms. The van der Waals surface area contributed by atoms with Crippen molar-refractivity contribution in [1.82, 2.24) is 25.1 Å². The molecule has 2 amide bonds. The highest BCUT2D eigenvalue weighted by atomic mass is 19.4. The largest absolute Gasteiger partial charge is 0.416 e. The molecular weight excluding hydrogens is 547 g/mol. The van der Waals surface area contributed by atoms with Crippen molar-refractivity contribution in [3.05, 3.63) is 65.5 Å². The van der Waals surface area contributed by atoms with Crippen LogP contribution in [-0.2, 0) is 23.9 Å². The molecular formula is C30H32F3N7O2. The summed E-state index contributed by atoms with van der Waals surface area (Å²) >= 11 is 0. The van der Waals surface area contributed by atoms with Crippen LogP contribution < -0.4 is 16.4 Å². The first kappa shape index (κ1) is 29.0. The molecule has 5 rings (SSSR count). The number of aromatic nitrogens is 4. The Morgan fingerprint density at radius 3 is 2.55 bits per heavy atom. The maximum absolute atomic E-state index is 13.0. The Balaban J connectivity index is 1.45. The Morgan fingerprint density at radius 2 is 1.81 bits per heavy atom. The molecule has 0 saturated heterocycles. The molecule has 0 unspecified atom stereocenters. The molecule has 12 heteroatoms. The van der Waals surface area contributed by atoms with E-state index in [1.807, 2.05) is 17.8 Å². The lowest BCUT2D eigenvalue weighted by atomic mass is 10.0. The van der Waals surface area contributed by atoms with E-state index in [1.165, 1.54) is 0 Å². The van der Waals surface area contributed by atoms with Gasteiger partial charge in [-0.25, -0.2) is 9.97 Å². The van der Waals surface area contributed by atoms with Crippen LogP contribution in [0.2, 0.25) is 0 Å². The lowest BCUT2D eigenvalue weighted by Crippen LogP contribution is -2.33. The number of rotatable bonds is 3. The Hall–Kier alpha value is -4.48. The molecule has 4 heterocycles. The normalized spacial score (nSPS) is 17.0. The van der Waals surface area contributed by atoms with E-state index in [9.17, 15) is 22.8 Å². The molecule has 0 radical (unpaired) electrons. The third-order valence-corrected chi connectivity index (χ3v) is 7.40. The van der Waals surface area contributed by atoms with Crippen LogP contribution in [0.15, 0.2) is 48.8 Å². The number of alkyl halides is 3. The summed E-state index contributed by atoms with van der Waals surface area (Å²) in [6.07, 6.45) is 4.05. The molecule has 3 aromatic heterocycles. The fourth-order valence-corrected chi connectivity index (χ4v) is 5.18. The monoisotopic (exact) mass is 579 g/mol. The summed E-state index contributed by atoms with van der Waals surface area (Å²) in [7, 11) is 0. The molecule has 1 aliphatic heterocycles. The zero-order chi connectivity index (χ0) is 29.9. The van der Waals surface area contributed by atoms with Gasteiger partial charge in [0.2, 0.25) is 5.91 Å². The highest BCUT2D eigenvalue weighted by molar-refractivity contribution is 6.05. The SMILES string of the molecule is C[C@@H]1CCn2nc(-c3ccc(C(=O)Nc4cc(C(F)(F)F)ccn4)cc3)c3c(N)ncc(c32)CCCCCCC(=O)N1. The maximum Gasteiger partial charge on any atom is 0.416 e. The zero-order valence-electron chi connectivity index (χ0n) is 23.2. The molecule has 1 atom stereocenters. The minimum Gasteiger partial charge on any atom is -0.383 e. The number of nitrogens with zero attached hydrogens (tertiary/aromatic N) is 4. The Morgan fingerprint density at radius 1 is 1.07 bits per heavy atom. The first-order valence-electron chi connectivity index (χ1n) is 14.0. The summed E-state index contributed by atoms with van der Waals surface area (Å²) < 4.78 is 41.0. The predicted octanol–water partition coefficient (Wildman–Crippen LogP) is 5.75. The molecule has 0 spiro atoms. The fourth-order valence-electron chi connectivity index (χ4n) is 5.18. The first-order valence-corrected chi connectivity index (χ1v) is 14.0. The molecule has 1 aromatic carbocycles. The van der Waals surface area contributed by atoms with Crippen molar-refractivity contribution in [1.29, 1.82) is 0 Å². The van der Waals surface area contributed by atoms with Crippen LogP contribution >= 0.6 is 0 Å². The number of hydrogen-bond acceptors (Lipinski definition) is 6. The van der Waals surface area contributed by atoms with Gasteiger partial charge in [-0.1, -0.05) is 25.0 Å². The van der Waals surface area contributed by atoms with Crippen LogP contribution in [0.5, 0.6) is 0 Å². The van der Waals surface area contributed by atoms with Crippen molar-refractivity contribution in [3.8, 4) is 11.3 Å². The highest BCUT2D eigenvalue weighted by Crippen LogP contribution is 2.35. The number of hydrogen-bond donors (Lipinski definition) is 3. The minimum absolute atomic E-state index is 0.0325. The van der Waals surface area contributed by atoms with E-state index >= 15 is 0 Å². The average Bonchev–Trinajstić information content (AvgIpc) is 3.35. The second kappa shape index (κ2) is 12.2. The fraction of sp³-hybridized carbons (Fsp3) is 0.367. The Bertz CT molecular complexity index is 1600. The number of carbonyl (C=O) groups excluding carboxylic acids is 2. The van der Waals surface area contributed by atoms with E-state index in [1.54, 1.807) is 24.3 Å². The molecule has 0 saturated carbocycles. The smallest absolute Gasteiger partial charge is 0.383 e. The van der Waals surface area contributed by atoms with Gasteiger partial charge < -0.3 is 16.4 Å². The van der Waals surface area contributed by atoms with Gasteiger partial charge in [0.1, 0.15) is 17.3 Å². The number of nitrogens with one attached hydrogen (secondary N) is 2. The quantitative estimate of drug-likeness (QED) is 0.284. The van der Waals surface area contributed by atoms with Crippen molar-refractivity contribution in [2.24, 2.45) is 0 Å². The average molecular weight is 580 g/mol. The van der Waals surface area contributed by atoms with Crippen LogP contribution in [0.3, 0.4) is 0 Å². The number of benzene rings is 1. The van der Waals surface area contributed by atoms with Gasteiger partial charge in [0.05, 0.1) is 16.5 Å². The summed E-state index contributed by atoms with van der Waals surface area (Å²) in [6.45, 7) is 2.53. The van der Waals surface area contributed by atoms with Gasteiger partial charge in [0, 0.05) is 42.5 Å². The molecule has 220 valence electrons. The standard InChI is InChI=1S/C30H32F3N7O2/c1-18-13-15-40-27-21(6-4-2-3-5-7-24(41)37-18)17-36-28(34)25(27)26(39-40)19-8-10-20(11-9-19)29(42)38-23-16-22(12-14-35-23)30(31,32)33/h8-12,14,16-18H,2-7,13,15H2,1H3,(H2,34,36)(H,37,41)(H,35,38,42)/t18-/m1/s1. The van der Waals surface area contributed by atoms with E-state index in [-0.39, 0.29) is 23.3 Å². The van der Waals surface area contributed by atoms with Gasteiger partial charge in [-0.2, -0.15) is 18.3 Å². The van der Waals surface area contributed by atoms with Crippen molar-refractivity contribution in [2.45, 2.75) is 70.6 Å². The zero-order valence-corrected chi connectivity index (χ0v) is 23.2. The van der Waals surface area contributed by atoms with E-state index in [2.05, 4.69) is 20.6 Å². The summed E-state index contributed by atoms with van der Waals surface area (Å²) in [4.78, 5) is 33.4. The van der Waals surface area contributed by atoms with Gasteiger partial charge >= 0.3 is 6.18 Å². The van der Waals surface area contributed by atoms with Crippen molar-refractivity contribution >= 4 is 34.4 Å². The minimum atomic E-state index is -4.55. The molecule has 0 aliphatic carbocycles. The number of aryl methyl sites for hydroxylation is 2. The van der Waals surface area contributed by atoms with E-state index in [0.717, 1.165) is 66.9 Å². The number of anilines is 2. The van der Waals surface area contributed by atoms with Gasteiger partial charge in [-0.15, -0.1) is 0 Å². The molecule has 1 aliphatic rings. The van der Waals surface area contributed by atoms with Gasteiger partial charge in [-0.05, 0) is 62.4 Å². The van der Waals surface area contributed by atoms with E-state index in [0.29, 0.717) is 36.5 Å². The van der Waals surface area contributed by atoms with Crippen molar-refractivity contribution in [2.75, 3.05) is 11.1 Å². The molecule has 42 heavy (non-hydrogen) atoms. The van der Waals surface area contributed by atoms with Crippen LogP contribution in [0.1, 0.15) is 66.9 Å². The van der Waals surface area contributed by atoms with E-state index in [4.69, 9.17) is 10.8 Å². The lowest BCUT2D eigenvalue weighted by molar-refractivity contribution is -0.137. The number of carbonyl (C=O) groups is 2. The topological polar surface area (TPSA) is 128 Å². The summed E-state index contributed by atoms with van der Waals surface area (Å²) in [5.74, 6) is -0.390. The number of amides is 2. The van der Waals surface area contributed by atoms with Crippen LogP contribution in [0.25, 0.3) is 22.2 Å². The molecule has 0 fully saturated rings. The van der Waals surface area contributed by atoms with Gasteiger partial charge in [-0.3, -0.25) is 14.3 Å². The second-order valence-corrected chi connectivity index (χ2v) is 10.6. The van der Waals surface area contributed by atoms with Crippen molar-refractivity contribution in [3.63, 3.8) is 0 Å². The Labute approximate surface area is 240 Å². The van der Waals surface area contributed by atoms with Gasteiger partial charge in [0.15, 0.2) is 0 Å². The van der Waals surface area contributed by atoms with Crippen LogP contribution in [0, 0.1) is 0 Å². The van der Waals surface area contributed by atoms with Crippen molar-refractivity contribution < 1.29 is 22.8 Å². The number of nitrogen functional groups attached to an aromatic ring is 1. The van der Waals surface area contributed by atoms with Crippen LogP contribution in [0.4, 0.5) is 24.8 Å². The molecule has 9 nitrogen and oxygen atoms in total. The van der Waals surface area contributed by atoms with E-state index < -0.39 is 17.6 Å². The third-order valence-electron chi connectivity index (χ3n) is 7.40. The number of pyridine rings is 2. The lowest BCUT2D eigenvalue weighted by Gasteiger charge is -2.16. The third kappa shape index (κ3) is 6.53. The number of halogens is 3. The highest BCUT2D eigenvalue weighted by Gasteiger charge is 2.31. The second-order valence-electron chi connectivity index (χ2n) is 10.6. The Kier molecular flexibility index (Phi) is 8.41. The molecule has 4 N–H and O–H groups in total. The summed E-state index contributed by atoms with van der Waals surface area (Å²) in [5.41, 5.74) is 9.01. The number of nitrogens with two attached hydrogens (primary N) is 1. The summed E-state index contributed by atoms with van der Waals surface area (Å²) in [6, 6.07) is 8.18.